The number of ether oxygens (including phenoxy) is 1. The van der Waals surface area contributed by atoms with Gasteiger partial charge < -0.3 is 25.6 Å². The highest BCUT2D eigenvalue weighted by Crippen LogP contribution is 2.45. The fourth-order valence-electron chi connectivity index (χ4n) is 4.13. The van der Waals surface area contributed by atoms with Gasteiger partial charge in [0.05, 0.1) is 30.2 Å². The van der Waals surface area contributed by atoms with Crippen LogP contribution in [0.5, 0.6) is 0 Å². The topological polar surface area (TPSA) is 95.1 Å². The Bertz CT molecular complexity index is 1150. The van der Waals surface area contributed by atoms with E-state index in [9.17, 15) is 9.59 Å². The fourth-order valence-corrected chi connectivity index (χ4v) is 4.13. The van der Waals surface area contributed by atoms with E-state index in [2.05, 4.69) is 20.9 Å². The van der Waals surface area contributed by atoms with Crippen LogP contribution in [0.2, 0.25) is 0 Å². The van der Waals surface area contributed by atoms with Crippen molar-refractivity contribution in [2.45, 2.75) is 18.8 Å². The van der Waals surface area contributed by atoms with Crippen LogP contribution in [-0.2, 0) is 4.74 Å². The van der Waals surface area contributed by atoms with Crippen LogP contribution in [0.25, 0.3) is 0 Å². The molecule has 178 valence electrons. The van der Waals surface area contributed by atoms with E-state index < -0.39 is 23.4 Å². The van der Waals surface area contributed by atoms with Crippen molar-refractivity contribution in [1.82, 2.24) is 15.5 Å². The number of hydrogen-bond acceptors (Lipinski definition) is 4. The van der Waals surface area contributed by atoms with Crippen LogP contribution in [0.15, 0.2) is 35.3 Å². The zero-order valence-corrected chi connectivity index (χ0v) is 18.5. The molecule has 0 atom stereocenters. The number of rotatable bonds is 5. The Morgan fingerprint density at radius 1 is 1.09 bits per heavy atom. The van der Waals surface area contributed by atoms with Gasteiger partial charge in [0.1, 0.15) is 5.82 Å². The molecule has 2 aliphatic heterocycles. The van der Waals surface area contributed by atoms with Crippen LogP contribution in [0, 0.1) is 11.6 Å². The molecule has 34 heavy (non-hydrogen) atoms. The van der Waals surface area contributed by atoms with Crippen molar-refractivity contribution in [3.8, 4) is 0 Å². The molecule has 8 nitrogen and oxygen atoms in total. The molecule has 3 N–H and O–H groups in total. The summed E-state index contributed by atoms with van der Waals surface area (Å²) in [6, 6.07) is 7.16. The van der Waals surface area contributed by atoms with Crippen LogP contribution < -0.4 is 16.0 Å². The largest absolute Gasteiger partial charge is 0.378 e. The van der Waals surface area contributed by atoms with Crippen molar-refractivity contribution in [3.63, 3.8) is 0 Å². The Labute approximate surface area is 195 Å². The van der Waals surface area contributed by atoms with E-state index >= 15 is 8.78 Å². The Morgan fingerprint density at radius 3 is 2.53 bits per heavy atom. The molecular formula is C24H25F2N5O3. The number of amides is 2. The molecule has 2 heterocycles. The number of halogens is 2. The normalized spacial score (nSPS) is 17.7. The van der Waals surface area contributed by atoms with Crippen molar-refractivity contribution in [3.05, 3.63) is 58.7 Å². The maximum atomic E-state index is 15.3. The summed E-state index contributed by atoms with van der Waals surface area (Å²) in [4.78, 5) is 30.9. The van der Waals surface area contributed by atoms with Gasteiger partial charge in [-0.3, -0.25) is 9.59 Å². The molecule has 3 fully saturated rings. The van der Waals surface area contributed by atoms with Crippen LogP contribution in [-0.4, -0.2) is 62.1 Å². The number of carbonyl (C=O) groups is 2. The van der Waals surface area contributed by atoms with Crippen LogP contribution in [0.4, 0.5) is 20.2 Å². The van der Waals surface area contributed by atoms with Gasteiger partial charge in [-0.05, 0) is 48.6 Å². The molecule has 0 spiro atoms. The molecule has 10 heteroatoms. The lowest BCUT2D eigenvalue weighted by molar-refractivity contribution is 0.0300. The molecule has 3 aliphatic rings. The molecule has 0 unspecified atom stereocenters. The average molecular weight is 469 g/mol. The summed E-state index contributed by atoms with van der Waals surface area (Å²) in [7, 11) is 0. The van der Waals surface area contributed by atoms with E-state index in [4.69, 9.17) is 4.74 Å². The minimum Gasteiger partial charge on any atom is -0.378 e. The number of benzene rings is 2. The van der Waals surface area contributed by atoms with E-state index in [0.29, 0.717) is 50.9 Å². The maximum Gasteiger partial charge on any atom is 0.280 e. The third-order valence-electron chi connectivity index (χ3n) is 6.10. The Morgan fingerprint density at radius 2 is 1.82 bits per heavy atom. The van der Waals surface area contributed by atoms with E-state index in [1.807, 2.05) is 0 Å². The van der Waals surface area contributed by atoms with Crippen molar-refractivity contribution in [1.29, 1.82) is 0 Å². The summed E-state index contributed by atoms with van der Waals surface area (Å²) in [5, 5.41) is 8.74. The van der Waals surface area contributed by atoms with E-state index in [0.717, 1.165) is 18.9 Å². The highest BCUT2D eigenvalue weighted by molar-refractivity contribution is 6.03. The molecule has 2 aromatic rings. The smallest absolute Gasteiger partial charge is 0.280 e. The quantitative estimate of drug-likeness (QED) is 0.624. The monoisotopic (exact) mass is 469 g/mol. The van der Waals surface area contributed by atoms with Gasteiger partial charge in [-0.2, -0.15) is 4.99 Å². The van der Waals surface area contributed by atoms with Crippen molar-refractivity contribution in [2.24, 2.45) is 4.99 Å². The molecule has 2 aromatic carbocycles. The minimum absolute atomic E-state index is 0.00131. The number of carbonyl (C=O) groups excluding carboxylic acids is 2. The van der Waals surface area contributed by atoms with Gasteiger partial charge >= 0.3 is 0 Å². The summed E-state index contributed by atoms with van der Waals surface area (Å²) in [5.74, 6) is -1.98. The highest BCUT2D eigenvalue weighted by Gasteiger charge is 2.30. The average Bonchev–Trinajstić information content (AvgIpc) is 3.57. The maximum absolute atomic E-state index is 15.3. The summed E-state index contributed by atoms with van der Waals surface area (Å²) in [6.45, 7) is 2.92. The van der Waals surface area contributed by atoms with E-state index in [-0.39, 0.29) is 28.4 Å². The number of hydrogen-bond donors (Lipinski definition) is 3. The van der Waals surface area contributed by atoms with Crippen LogP contribution >= 0.6 is 0 Å². The molecule has 0 radical (unpaired) electrons. The number of nitrogens with zero attached hydrogens (tertiary/aromatic N) is 2. The van der Waals surface area contributed by atoms with E-state index in [1.165, 1.54) is 17.0 Å². The second-order valence-corrected chi connectivity index (χ2v) is 8.51. The first kappa shape index (κ1) is 22.3. The van der Waals surface area contributed by atoms with Crippen molar-refractivity contribution in [2.75, 3.05) is 44.7 Å². The van der Waals surface area contributed by atoms with E-state index in [1.54, 1.807) is 12.1 Å². The molecular weight excluding hydrogens is 444 g/mol. The van der Waals surface area contributed by atoms with Gasteiger partial charge in [-0.25, -0.2) is 8.78 Å². The van der Waals surface area contributed by atoms with Crippen LogP contribution in [0.3, 0.4) is 0 Å². The zero-order valence-electron chi connectivity index (χ0n) is 18.5. The first-order valence-electron chi connectivity index (χ1n) is 11.4. The Balaban J connectivity index is 1.44. The molecule has 2 saturated heterocycles. The second-order valence-electron chi connectivity index (χ2n) is 8.51. The minimum atomic E-state index is -0.745. The Hall–Kier alpha value is -3.53. The van der Waals surface area contributed by atoms with Gasteiger partial charge in [-0.15, -0.1) is 0 Å². The third-order valence-corrected chi connectivity index (χ3v) is 6.10. The van der Waals surface area contributed by atoms with Crippen molar-refractivity contribution >= 4 is 29.1 Å². The molecule has 0 aromatic heterocycles. The molecule has 1 saturated carbocycles. The van der Waals surface area contributed by atoms with Gasteiger partial charge in [-0.1, -0.05) is 6.07 Å². The molecule has 0 bridgehead atoms. The summed E-state index contributed by atoms with van der Waals surface area (Å²) in [5.41, 5.74) is 0.751. The second kappa shape index (κ2) is 9.38. The van der Waals surface area contributed by atoms with Crippen molar-refractivity contribution < 1.29 is 23.1 Å². The molecule has 2 amide bonds. The SMILES string of the molecule is O=C(N=C1NCCN1)c1cc(F)c(Nc2cccc(C(=O)N3CCOCC3)c2F)c(C2CC2)c1. The first-order chi connectivity index (χ1) is 16.5. The number of aliphatic imine (C=N–C) groups is 1. The molecule has 1 aliphatic carbocycles. The van der Waals surface area contributed by atoms with Crippen LogP contribution in [0.1, 0.15) is 45.0 Å². The van der Waals surface area contributed by atoms with Gasteiger partial charge in [0.2, 0.25) is 0 Å². The number of guanidine groups is 1. The summed E-state index contributed by atoms with van der Waals surface area (Å²) < 4.78 is 35.8. The number of nitrogens with one attached hydrogen (secondary N) is 3. The summed E-state index contributed by atoms with van der Waals surface area (Å²) >= 11 is 0. The zero-order chi connectivity index (χ0) is 23.7. The predicted molar refractivity (Wildman–Crippen MR) is 123 cm³/mol. The standard InChI is InChI=1S/C24H25F2N5O3/c25-18-13-15(22(32)30-24-27-6-7-28-24)12-17(14-4-5-14)21(18)29-19-3-1-2-16(20(19)26)23(33)31-8-10-34-11-9-31/h1-3,12-14,29H,4-11H2,(H2,27,28,30,32). The lowest BCUT2D eigenvalue weighted by atomic mass is 10.0. The number of morpholine rings is 1. The lowest BCUT2D eigenvalue weighted by Crippen LogP contribution is -2.41. The molecule has 5 rings (SSSR count). The van der Waals surface area contributed by atoms with Gasteiger partial charge in [0.25, 0.3) is 11.8 Å². The summed E-state index contributed by atoms with van der Waals surface area (Å²) in [6.07, 6.45) is 1.70. The lowest BCUT2D eigenvalue weighted by Gasteiger charge is -2.27. The highest BCUT2D eigenvalue weighted by atomic mass is 19.1. The predicted octanol–water partition coefficient (Wildman–Crippen LogP) is 2.75. The number of anilines is 2. The fraction of sp³-hybridized carbons (Fsp3) is 0.375. The van der Waals surface area contributed by atoms with Gasteiger partial charge in [0.15, 0.2) is 11.8 Å². The Kier molecular flexibility index (Phi) is 6.14. The van der Waals surface area contributed by atoms with Gasteiger partial charge in [0, 0.05) is 31.7 Å². The third kappa shape index (κ3) is 4.58. The first-order valence-corrected chi connectivity index (χ1v) is 11.4.